The summed E-state index contributed by atoms with van der Waals surface area (Å²) in [5.74, 6) is 1.46. The summed E-state index contributed by atoms with van der Waals surface area (Å²) in [4.78, 5) is 0. The van der Waals surface area contributed by atoms with Crippen LogP contribution in [0.1, 0.15) is 25.7 Å². The molecule has 0 aliphatic carbocycles. The molecule has 1 N–H and O–H groups in total. The molecule has 0 radical (unpaired) electrons. The predicted octanol–water partition coefficient (Wildman–Crippen LogP) is 1.97. The van der Waals surface area contributed by atoms with E-state index < -0.39 is 0 Å². The highest BCUT2D eigenvalue weighted by molar-refractivity contribution is 5.04. The van der Waals surface area contributed by atoms with Crippen molar-refractivity contribution in [1.29, 1.82) is 0 Å². The summed E-state index contributed by atoms with van der Waals surface area (Å²) in [6.07, 6.45) is 2.06. The van der Waals surface area contributed by atoms with Crippen molar-refractivity contribution in [1.82, 2.24) is 5.32 Å². The third kappa shape index (κ3) is 1.99. The van der Waals surface area contributed by atoms with Gasteiger partial charge in [-0.25, -0.2) is 0 Å². The Labute approximate surface area is 84.4 Å². The minimum absolute atomic E-state index is 0.0751. The lowest BCUT2D eigenvalue weighted by Gasteiger charge is -2.32. The Morgan fingerprint density at radius 3 is 2.93 bits per heavy atom. The monoisotopic (exact) mass is 195 g/mol. The number of hydrogen-bond acceptors (Lipinski definition) is 3. The summed E-state index contributed by atoms with van der Waals surface area (Å²) < 4.78 is 11.3. The second-order valence-corrected chi connectivity index (χ2v) is 4.08. The molecule has 0 aromatic carbocycles. The van der Waals surface area contributed by atoms with E-state index >= 15 is 0 Å². The van der Waals surface area contributed by atoms with Gasteiger partial charge in [-0.05, 0) is 18.1 Å². The van der Waals surface area contributed by atoms with Crippen molar-refractivity contribution in [2.24, 2.45) is 5.92 Å². The van der Waals surface area contributed by atoms with Crippen LogP contribution in [0.4, 0.5) is 0 Å². The van der Waals surface area contributed by atoms with Crippen LogP contribution in [-0.2, 0) is 4.74 Å². The van der Waals surface area contributed by atoms with Gasteiger partial charge in [0.2, 0.25) is 0 Å². The maximum Gasteiger partial charge on any atom is 0.133 e. The standard InChI is InChI=1S/C11H17NO2/c1-8(2)10-6-12-7-11(14-10)9-4-3-5-13-9/h3-5,8,10-12H,6-7H2,1-2H3. The Kier molecular flexibility index (Phi) is 2.89. The smallest absolute Gasteiger partial charge is 0.133 e. The summed E-state index contributed by atoms with van der Waals surface area (Å²) in [5.41, 5.74) is 0. The number of furan rings is 1. The Balaban J connectivity index is 2.01. The molecule has 0 amide bonds. The molecule has 1 aromatic heterocycles. The highest BCUT2D eigenvalue weighted by Crippen LogP contribution is 2.24. The molecule has 0 saturated carbocycles. The van der Waals surface area contributed by atoms with Crippen LogP contribution in [0.25, 0.3) is 0 Å². The molecule has 1 aromatic rings. The zero-order chi connectivity index (χ0) is 9.97. The van der Waals surface area contributed by atoms with E-state index in [0.29, 0.717) is 12.0 Å². The van der Waals surface area contributed by atoms with Gasteiger partial charge in [-0.3, -0.25) is 0 Å². The molecule has 1 aliphatic heterocycles. The minimum atomic E-state index is 0.0751. The van der Waals surface area contributed by atoms with Gasteiger partial charge in [0, 0.05) is 13.1 Å². The SMILES string of the molecule is CC(C)C1CNCC(c2ccco2)O1. The van der Waals surface area contributed by atoms with Crippen LogP contribution in [0.5, 0.6) is 0 Å². The average Bonchev–Trinajstić information content (AvgIpc) is 2.71. The van der Waals surface area contributed by atoms with Crippen molar-refractivity contribution in [3.63, 3.8) is 0 Å². The fourth-order valence-electron chi connectivity index (χ4n) is 1.70. The number of nitrogens with one attached hydrogen (secondary N) is 1. The molecule has 1 fully saturated rings. The van der Waals surface area contributed by atoms with Gasteiger partial charge in [-0.1, -0.05) is 13.8 Å². The Hall–Kier alpha value is -0.800. The van der Waals surface area contributed by atoms with E-state index in [4.69, 9.17) is 9.15 Å². The first-order valence-electron chi connectivity index (χ1n) is 5.17. The van der Waals surface area contributed by atoms with Gasteiger partial charge in [0.05, 0.1) is 12.4 Å². The molecule has 2 atom stereocenters. The number of hydrogen-bond donors (Lipinski definition) is 1. The maximum atomic E-state index is 5.94. The molecular weight excluding hydrogens is 178 g/mol. The highest BCUT2D eigenvalue weighted by Gasteiger charge is 2.26. The second-order valence-electron chi connectivity index (χ2n) is 4.08. The minimum Gasteiger partial charge on any atom is -0.467 e. The van der Waals surface area contributed by atoms with Crippen LogP contribution in [0.2, 0.25) is 0 Å². The third-order valence-corrected chi connectivity index (χ3v) is 2.62. The normalized spacial score (nSPS) is 28.2. The zero-order valence-corrected chi connectivity index (χ0v) is 8.69. The number of ether oxygens (including phenoxy) is 1. The van der Waals surface area contributed by atoms with Gasteiger partial charge >= 0.3 is 0 Å². The Morgan fingerprint density at radius 1 is 1.43 bits per heavy atom. The van der Waals surface area contributed by atoms with E-state index in [2.05, 4.69) is 19.2 Å². The van der Waals surface area contributed by atoms with Crippen LogP contribution < -0.4 is 5.32 Å². The van der Waals surface area contributed by atoms with Crippen molar-refractivity contribution < 1.29 is 9.15 Å². The molecule has 1 aliphatic rings. The summed E-state index contributed by atoms with van der Waals surface area (Å²) in [6, 6.07) is 3.87. The summed E-state index contributed by atoms with van der Waals surface area (Å²) in [6.45, 7) is 6.14. The van der Waals surface area contributed by atoms with Crippen molar-refractivity contribution in [2.75, 3.05) is 13.1 Å². The summed E-state index contributed by atoms with van der Waals surface area (Å²) >= 11 is 0. The van der Waals surface area contributed by atoms with E-state index in [0.717, 1.165) is 18.8 Å². The Morgan fingerprint density at radius 2 is 2.29 bits per heavy atom. The quantitative estimate of drug-likeness (QED) is 0.783. The first-order valence-corrected chi connectivity index (χ1v) is 5.17. The molecule has 0 bridgehead atoms. The fraction of sp³-hybridized carbons (Fsp3) is 0.636. The molecule has 0 spiro atoms. The van der Waals surface area contributed by atoms with Crippen LogP contribution in [0.15, 0.2) is 22.8 Å². The van der Waals surface area contributed by atoms with Crippen molar-refractivity contribution in [3.05, 3.63) is 24.2 Å². The van der Waals surface area contributed by atoms with Gasteiger partial charge in [0.25, 0.3) is 0 Å². The van der Waals surface area contributed by atoms with Gasteiger partial charge in [-0.15, -0.1) is 0 Å². The number of rotatable bonds is 2. The van der Waals surface area contributed by atoms with Crippen molar-refractivity contribution in [2.45, 2.75) is 26.1 Å². The average molecular weight is 195 g/mol. The number of morpholine rings is 1. The molecule has 3 heteroatoms. The molecule has 14 heavy (non-hydrogen) atoms. The van der Waals surface area contributed by atoms with E-state index in [-0.39, 0.29) is 6.10 Å². The van der Waals surface area contributed by atoms with Crippen LogP contribution in [-0.4, -0.2) is 19.2 Å². The first-order chi connectivity index (χ1) is 6.77. The van der Waals surface area contributed by atoms with Gasteiger partial charge in [0.1, 0.15) is 11.9 Å². The second kappa shape index (κ2) is 4.15. The first kappa shape index (κ1) is 9.74. The summed E-state index contributed by atoms with van der Waals surface area (Å²) in [7, 11) is 0. The molecule has 78 valence electrons. The van der Waals surface area contributed by atoms with E-state index in [1.165, 1.54) is 0 Å². The van der Waals surface area contributed by atoms with E-state index in [9.17, 15) is 0 Å². The molecular formula is C11H17NO2. The molecule has 2 heterocycles. The molecule has 1 saturated heterocycles. The lowest BCUT2D eigenvalue weighted by Crippen LogP contribution is -2.42. The lowest BCUT2D eigenvalue weighted by molar-refractivity contribution is -0.0687. The summed E-state index contributed by atoms with van der Waals surface area (Å²) in [5, 5.41) is 3.37. The zero-order valence-electron chi connectivity index (χ0n) is 8.69. The van der Waals surface area contributed by atoms with E-state index in [1.807, 2.05) is 12.1 Å². The fourth-order valence-corrected chi connectivity index (χ4v) is 1.70. The lowest BCUT2D eigenvalue weighted by atomic mass is 10.1. The van der Waals surface area contributed by atoms with E-state index in [1.54, 1.807) is 6.26 Å². The van der Waals surface area contributed by atoms with Gasteiger partial charge < -0.3 is 14.5 Å². The maximum absolute atomic E-state index is 5.94. The highest BCUT2D eigenvalue weighted by atomic mass is 16.5. The van der Waals surface area contributed by atoms with Crippen LogP contribution in [0.3, 0.4) is 0 Å². The topological polar surface area (TPSA) is 34.4 Å². The third-order valence-electron chi connectivity index (χ3n) is 2.62. The van der Waals surface area contributed by atoms with Crippen molar-refractivity contribution in [3.8, 4) is 0 Å². The van der Waals surface area contributed by atoms with Gasteiger partial charge in [-0.2, -0.15) is 0 Å². The van der Waals surface area contributed by atoms with Gasteiger partial charge in [0.15, 0.2) is 0 Å². The van der Waals surface area contributed by atoms with Crippen LogP contribution in [0, 0.1) is 5.92 Å². The molecule has 2 rings (SSSR count). The Bertz CT molecular complexity index is 269. The van der Waals surface area contributed by atoms with Crippen molar-refractivity contribution >= 4 is 0 Å². The van der Waals surface area contributed by atoms with Crippen LogP contribution >= 0.6 is 0 Å². The molecule has 3 nitrogen and oxygen atoms in total. The largest absolute Gasteiger partial charge is 0.467 e. The molecule has 2 unspecified atom stereocenters. The predicted molar refractivity (Wildman–Crippen MR) is 54.0 cm³/mol.